The van der Waals surface area contributed by atoms with Crippen molar-refractivity contribution in [3.8, 4) is 11.5 Å². The molecule has 1 fully saturated rings. The van der Waals surface area contributed by atoms with E-state index in [2.05, 4.69) is 30.3 Å². The molecule has 1 saturated heterocycles. The number of nitrogens with one attached hydrogen (secondary N) is 1. The third-order valence-corrected chi connectivity index (χ3v) is 6.04. The number of aromatic carboxylic acids is 1. The highest BCUT2D eigenvalue weighted by atomic mass is 16.6. The van der Waals surface area contributed by atoms with Gasteiger partial charge >= 0.3 is 12.1 Å². The van der Waals surface area contributed by atoms with Gasteiger partial charge in [0.25, 0.3) is 0 Å². The Morgan fingerprint density at radius 3 is 2.71 bits per heavy atom. The summed E-state index contributed by atoms with van der Waals surface area (Å²) in [5.74, 6) is -0.355. The van der Waals surface area contributed by atoms with Gasteiger partial charge in [-0.25, -0.2) is 9.59 Å². The number of likely N-dealkylation sites (N-methyl/N-ethyl adjacent to an activating group) is 1. The van der Waals surface area contributed by atoms with Crippen LogP contribution in [0, 0.1) is 0 Å². The molecule has 0 bridgehead atoms. The number of hydrogen-bond acceptors (Lipinski definition) is 5. The number of carboxylic acids is 1. The molecule has 1 amide bonds. The van der Waals surface area contributed by atoms with Crippen LogP contribution < -0.4 is 14.8 Å². The first-order valence-electron chi connectivity index (χ1n) is 10.6. The van der Waals surface area contributed by atoms with E-state index in [1.54, 1.807) is 6.07 Å². The molecule has 7 heteroatoms. The fraction of sp³-hybridized carbons (Fsp3) is 0.417. The maximum atomic E-state index is 12.5. The number of likely N-dealkylation sites (tertiary alicyclic amines) is 1. The Bertz CT molecular complexity index is 945. The topological polar surface area (TPSA) is 88.1 Å². The van der Waals surface area contributed by atoms with Crippen LogP contribution in [0.4, 0.5) is 10.5 Å². The largest absolute Gasteiger partial charge is 0.495 e. The van der Waals surface area contributed by atoms with Gasteiger partial charge in [-0.1, -0.05) is 25.5 Å². The second kappa shape index (κ2) is 9.83. The molecule has 0 spiro atoms. The lowest BCUT2D eigenvalue weighted by Crippen LogP contribution is -2.37. The summed E-state index contributed by atoms with van der Waals surface area (Å²) in [6.45, 7) is 4.29. The van der Waals surface area contributed by atoms with Gasteiger partial charge in [0.15, 0.2) is 0 Å². The zero-order valence-corrected chi connectivity index (χ0v) is 18.3. The number of rotatable bonds is 6. The van der Waals surface area contributed by atoms with Crippen LogP contribution in [0.1, 0.15) is 48.5 Å². The predicted octanol–water partition coefficient (Wildman–Crippen LogP) is 4.77. The summed E-state index contributed by atoms with van der Waals surface area (Å²) in [7, 11) is 3.57. The van der Waals surface area contributed by atoms with Crippen LogP contribution in [0.25, 0.3) is 0 Å². The molecule has 0 aliphatic carbocycles. The van der Waals surface area contributed by atoms with Crippen LogP contribution in [0.5, 0.6) is 11.5 Å². The molecule has 166 valence electrons. The highest BCUT2D eigenvalue weighted by Gasteiger charge is 2.33. The molecule has 0 radical (unpaired) electrons. The van der Waals surface area contributed by atoms with Gasteiger partial charge in [-0.05, 0) is 68.8 Å². The minimum absolute atomic E-state index is 0.0387. The average molecular weight is 427 g/mol. The number of nitrogens with zero attached hydrogens (tertiary/aromatic N) is 1. The molecular formula is C24H30N2O5. The molecule has 2 aromatic carbocycles. The summed E-state index contributed by atoms with van der Waals surface area (Å²) < 4.78 is 10.7. The van der Waals surface area contributed by atoms with Crippen molar-refractivity contribution in [1.82, 2.24) is 4.90 Å². The Morgan fingerprint density at radius 2 is 2.00 bits per heavy atom. The van der Waals surface area contributed by atoms with Gasteiger partial charge in [0.1, 0.15) is 11.5 Å². The van der Waals surface area contributed by atoms with E-state index in [1.807, 2.05) is 12.1 Å². The van der Waals surface area contributed by atoms with E-state index in [0.717, 1.165) is 25.9 Å². The molecule has 0 saturated carbocycles. The molecule has 1 aliphatic rings. The highest BCUT2D eigenvalue weighted by Crippen LogP contribution is 2.37. The number of ether oxygens (including phenoxy) is 2. The van der Waals surface area contributed by atoms with Crippen LogP contribution in [-0.4, -0.2) is 49.3 Å². The fourth-order valence-corrected chi connectivity index (χ4v) is 4.31. The summed E-state index contributed by atoms with van der Waals surface area (Å²) in [4.78, 5) is 26.0. The second-order valence-electron chi connectivity index (χ2n) is 8.09. The predicted molar refractivity (Wildman–Crippen MR) is 119 cm³/mol. The van der Waals surface area contributed by atoms with E-state index < -0.39 is 12.1 Å². The standard InChI is InChI=1S/C24H30N2O5/c1-4-24(12-5-6-13-26(2)16-24)18-8-7-9-19(15-18)31-23(29)25-20-11-10-17(22(27)28)14-21(20)30-3/h7-11,14-15H,4-6,12-13,16H2,1-3H3,(H,25,29)(H,27,28). The third kappa shape index (κ3) is 5.35. The Kier molecular flexibility index (Phi) is 7.17. The molecule has 1 aliphatic heterocycles. The number of anilines is 1. The van der Waals surface area contributed by atoms with Gasteiger partial charge in [0.2, 0.25) is 0 Å². The Morgan fingerprint density at radius 1 is 1.19 bits per heavy atom. The van der Waals surface area contributed by atoms with E-state index in [1.165, 1.54) is 43.7 Å². The average Bonchev–Trinajstić information content (AvgIpc) is 2.96. The zero-order chi connectivity index (χ0) is 22.4. The summed E-state index contributed by atoms with van der Waals surface area (Å²) in [5.41, 5.74) is 1.62. The van der Waals surface area contributed by atoms with E-state index in [4.69, 9.17) is 14.6 Å². The number of hydrogen-bond donors (Lipinski definition) is 2. The fourth-order valence-electron chi connectivity index (χ4n) is 4.31. The van der Waals surface area contributed by atoms with E-state index in [-0.39, 0.29) is 16.7 Å². The van der Waals surface area contributed by atoms with Gasteiger partial charge in [0.05, 0.1) is 18.4 Å². The van der Waals surface area contributed by atoms with Crippen molar-refractivity contribution in [2.75, 3.05) is 32.6 Å². The normalized spacial score (nSPS) is 19.3. The van der Waals surface area contributed by atoms with Crippen LogP contribution in [0.3, 0.4) is 0 Å². The van der Waals surface area contributed by atoms with E-state index in [0.29, 0.717) is 11.4 Å². The van der Waals surface area contributed by atoms with E-state index in [9.17, 15) is 9.59 Å². The van der Waals surface area contributed by atoms with Crippen LogP contribution in [-0.2, 0) is 5.41 Å². The van der Waals surface area contributed by atoms with Crippen molar-refractivity contribution >= 4 is 17.7 Å². The molecule has 2 N–H and O–H groups in total. The minimum atomic E-state index is -1.07. The summed E-state index contributed by atoms with van der Waals surface area (Å²) in [6, 6.07) is 12.0. The van der Waals surface area contributed by atoms with Crippen molar-refractivity contribution in [3.05, 3.63) is 53.6 Å². The summed E-state index contributed by atoms with van der Waals surface area (Å²) >= 11 is 0. The second-order valence-corrected chi connectivity index (χ2v) is 8.09. The molecule has 1 atom stereocenters. The number of amides is 1. The summed E-state index contributed by atoms with van der Waals surface area (Å²) in [6.07, 6.45) is 3.83. The van der Waals surface area contributed by atoms with Gasteiger partial charge < -0.3 is 19.5 Å². The smallest absolute Gasteiger partial charge is 0.417 e. The monoisotopic (exact) mass is 426 g/mol. The molecule has 2 aromatic rings. The van der Waals surface area contributed by atoms with Crippen molar-refractivity contribution in [1.29, 1.82) is 0 Å². The van der Waals surface area contributed by atoms with Crippen molar-refractivity contribution < 1.29 is 24.2 Å². The Labute approximate surface area is 183 Å². The first kappa shape index (κ1) is 22.6. The molecular weight excluding hydrogens is 396 g/mol. The molecule has 7 nitrogen and oxygen atoms in total. The van der Waals surface area contributed by atoms with Gasteiger partial charge in [-0.2, -0.15) is 0 Å². The number of carbonyl (C=O) groups is 2. The lowest BCUT2D eigenvalue weighted by Gasteiger charge is -2.35. The number of carboxylic acid groups (broad SMARTS) is 1. The highest BCUT2D eigenvalue weighted by molar-refractivity contribution is 5.92. The quantitative estimate of drug-likeness (QED) is 0.692. The van der Waals surface area contributed by atoms with Gasteiger partial charge in [-0.15, -0.1) is 0 Å². The summed E-state index contributed by atoms with van der Waals surface area (Å²) in [5, 5.41) is 11.7. The SMILES string of the molecule is CCC1(c2cccc(OC(=O)Nc3ccc(C(=O)O)cc3OC)c2)CCCCN(C)C1. The molecule has 0 aromatic heterocycles. The van der Waals surface area contributed by atoms with Crippen molar-refractivity contribution in [2.45, 2.75) is 38.0 Å². The zero-order valence-electron chi connectivity index (χ0n) is 18.3. The Balaban J connectivity index is 1.76. The Hall–Kier alpha value is -3.06. The number of carbonyl (C=O) groups excluding carboxylic acids is 1. The lowest BCUT2D eigenvalue weighted by molar-refractivity contribution is 0.0696. The first-order valence-corrected chi connectivity index (χ1v) is 10.6. The first-order chi connectivity index (χ1) is 14.9. The molecule has 1 unspecified atom stereocenters. The molecule has 31 heavy (non-hydrogen) atoms. The maximum absolute atomic E-state index is 12.5. The van der Waals surface area contributed by atoms with Crippen molar-refractivity contribution in [3.63, 3.8) is 0 Å². The van der Waals surface area contributed by atoms with E-state index >= 15 is 0 Å². The molecule has 3 rings (SSSR count). The van der Waals surface area contributed by atoms with Crippen LogP contribution in [0.15, 0.2) is 42.5 Å². The minimum Gasteiger partial charge on any atom is -0.495 e. The maximum Gasteiger partial charge on any atom is 0.417 e. The van der Waals surface area contributed by atoms with Crippen molar-refractivity contribution in [2.24, 2.45) is 0 Å². The van der Waals surface area contributed by atoms with Crippen LogP contribution in [0.2, 0.25) is 0 Å². The third-order valence-electron chi connectivity index (χ3n) is 6.04. The lowest BCUT2D eigenvalue weighted by atomic mass is 9.74. The van der Waals surface area contributed by atoms with Crippen LogP contribution >= 0.6 is 0 Å². The number of methoxy groups -OCH3 is 1. The van der Waals surface area contributed by atoms with Gasteiger partial charge in [0, 0.05) is 12.0 Å². The number of benzene rings is 2. The molecule has 1 heterocycles. The van der Waals surface area contributed by atoms with Gasteiger partial charge in [-0.3, -0.25) is 5.32 Å².